The predicted molar refractivity (Wildman–Crippen MR) is 53.5 cm³/mol. The van der Waals surface area contributed by atoms with E-state index < -0.39 is 0 Å². The van der Waals surface area contributed by atoms with Gasteiger partial charge in [-0.25, -0.2) is 0 Å². The first-order chi connectivity index (χ1) is 6.69. The number of nitrogens with zero attached hydrogens (tertiary/aromatic N) is 2. The molecule has 0 unspecified atom stereocenters. The molecule has 0 amide bonds. The van der Waals surface area contributed by atoms with Gasteiger partial charge in [0.05, 0.1) is 18.8 Å². The summed E-state index contributed by atoms with van der Waals surface area (Å²) in [7, 11) is 0. The summed E-state index contributed by atoms with van der Waals surface area (Å²) >= 11 is 0. The molecule has 5 heteroatoms. The topological polar surface area (TPSA) is 70.3 Å². The Bertz CT molecular complexity index is 288. The van der Waals surface area contributed by atoms with Crippen molar-refractivity contribution in [2.24, 2.45) is 0 Å². The van der Waals surface area contributed by atoms with Crippen LogP contribution in [0.5, 0.6) is 11.8 Å². The minimum Gasteiger partial charge on any atom is -0.478 e. The summed E-state index contributed by atoms with van der Waals surface area (Å²) in [6, 6.07) is 0. The molecule has 1 heterocycles. The second-order valence-electron chi connectivity index (χ2n) is 2.68. The highest BCUT2D eigenvalue weighted by Gasteiger charge is 2.10. The van der Waals surface area contributed by atoms with Crippen LogP contribution in [-0.4, -0.2) is 23.2 Å². The molecule has 0 saturated carbocycles. The zero-order valence-corrected chi connectivity index (χ0v) is 8.70. The average molecular weight is 197 g/mol. The van der Waals surface area contributed by atoms with E-state index in [1.807, 2.05) is 20.8 Å². The summed E-state index contributed by atoms with van der Waals surface area (Å²) in [5, 5.41) is 0. The molecule has 1 rings (SSSR count). The van der Waals surface area contributed by atoms with Gasteiger partial charge in [0, 0.05) is 0 Å². The fourth-order valence-electron chi connectivity index (χ4n) is 1.05. The van der Waals surface area contributed by atoms with Crippen LogP contribution >= 0.6 is 0 Å². The van der Waals surface area contributed by atoms with E-state index in [1.54, 1.807) is 0 Å². The third-order valence-electron chi connectivity index (χ3n) is 1.64. The zero-order chi connectivity index (χ0) is 10.6. The van der Waals surface area contributed by atoms with Gasteiger partial charge in [-0.1, -0.05) is 0 Å². The molecule has 14 heavy (non-hydrogen) atoms. The van der Waals surface area contributed by atoms with Gasteiger partial charge in [-0.2, -0.15) is 9.97 Å². The summed E-state index contributed by atoms with van der Waals surface area (Å²) in [6.07, 6.45) is 0. The van der Waals surface area contributed by atoms with Crippen LogP contribution in [0, 0.1) is 6.92 Å². The first-order valence-electron chi connectivity index (χ1n) is 4.58. The zero-order valence-electron chi connectivity index (χ0n) is 8.70. The van der Waals surface area contributed by atoms with Crippen molar-refractivity contribution >= 4 is 5.95 Å². The molecule has 0 fully saturated rings. The molecule has 0 aliphatic rings. The number of hydrogen-bond donors (Lipinski definition) is 1. The Morgan fingerprint density at radius 2 is 1.50 bits per heavy atom. The molecule has 5 nitrogen and oxygen atoms in total. The largest absolute Gasteiger partial charge is 0.478 e. The van der Waals surface area contributed by atoms with Gasteiger partial charge in [-0.05, 0) is 20.8 Å². The monoisotopic (exact) mass is 197 g/mol. The second kappa shape index (κ2) is 4.64. The Kier molecular flexibility index (Phi) is 3.50. The van der Waals surface area contributed by atoms with Crippen molar-refractivity contribution in [1.29, 1.82) is 0 Å². The van der Waals surface area contributed by atoms with Crippen LogP contribution in [0.1, 0.15) is 19.4 Å². The van der Waals surface area contributed by atoms with Gasteiger partial charge >= 0.3 is 0 Å². The number of anilines is 1. The van der Waals surface area contributed by atoms with Gasteiger partial charge in [0.25, 0.3) is 0 Å². The highest BCUT2D eigenvalue weighted by atomic mass is 16.5. The third-order valence-corrected chi connectivity index (χ3v) is 1.64. The molecule has 0 aliphatic heterocycles. The molecule has 78 valence electrons. The van der Waals surface area contributed by atoms with Crippen molar-refractivity contribution in [2.45, 2.75) is 20.8 Å². The van der Waals surface area contributed by atoms with Gasteiger partial charge in [-0.15, -0.1) is 0 Å². The van der Waals surface area contributed by atoms with Crippen molar-refractivity contribution in [2.75, 3.05) is 18.9 Å². The van der Waals surface area contributed by atoms with E-state index in [-0.39, 0.29) is 5.95 Å². The molecule has 0 saturated heterocycles. The predicted octanol–water partition coefficient (Wildman–Crippen LogP) is 1.16. The normalized spacial score (nSPS) is 9.93. The van der Waals surface area contributed by atoms with E-state index in [2.05, 4.69) is 9.97 Å². The number of rotatable bonds is 4. The summed E-state index contributed by atoms with van der Waals surface area (Å²) in [6.45, 7) is 6.71. The van der Waals surface area contributed by atoms with Crippen LogP contribution in [0.3, 0.4) is 0 Å². The molecule has 0 radical (unpaired) electrons. The molecule has 1 aromatic heterocycles. The maximum absolute atomic E-state index is 5.51. The van der Waals surface area contributed by atoms with Crippen molar-refractivity contribution < 1.29 is 9.47 Å². The smallest absolute Gasteiger partial charge is 0.226 e. The first-order valence-corrected chi connectivity index (χ1v) is 4.58. The minimum atomic E-state index is 0.169. The van der Waals surface area contributed by atoms with E-state index in [1.165, 1.54) is 0 Å². The molecule has 0 atom stereocenters. The van der Waals surface area contributed by atoms with Crippen molar-refractivity contribution in [3.8, 4) is 11.8 Å². The Morgan fingerprint density at radius 1 is 1.07 bits per heavy atom. The molecule has 0 aromatic carbocycles. The Labute approximate surface area is 83.3 Å². The molecular formula is C9H15N3O2. The average Bonchev–Trinajstić information content (AvgIpc) is 2.14. The lowest BCUT2D eigenvalue weighted by atomic mass is 10.3. The third kappa shape index (κ3) is 2.25. The summed E-state index contributed by atoms with van der Waals surface area (Å²) in [4.78, 5) is 7.94. The molecule has 0 spiro atoms. The Balaban J connectivity index is 3.04. The van der Waals surface area contributed by atoms with Crippen LogP contribution in [0.4, 0.5) is 5.95 Å². The maximum Gasteiger partial charge on any atom is 0.226 e. The van der Waals surface area contributed by atoms with E-state index >= 15 is 0 Å². The quantitative estimate of drug-likeness (QED) is 0.784. The molecule has 2 N–H and O–H groups in total. The lowest BCUT2D eigenvalue weighted by molar-refractivity contribution is 0.302. The van der Waals surface area contributed by atoms with E-state index in [0.717, 1.165) is 5.56 Å². The second-order valence-corrected chi connectivity index (χ2v) is 2.68. The highest BCUT2D eigenvalue weighted by Crippen LogP contribution is 2.24. The lowest BCUT2D eigenvalue weighted by Gasteiger charge is -2.10. The molecule has 1 aromatic rings. The fourth-order valence-corrected chi connectivity index (χ4v) is 1.05. The fraction of sp³-hybridized carbons (Fsp3) is 0.556. The number of hydrogen-bond acceptors (Lipinski definition) is 5. The van der Waals surface area contributed by atoms with Crippen LogP contribution in [-0.2, 0) is 0 Å². The van der Waals surface area contributed by atoms with Crippen molar-refractivity contribution in [3.05, 3.63) is 5.56 Å². The van der Waals surface area contributed by atoms with Crippen LogP contribution < -0.4 is 15.2 Å². The number of aromatic nitrogens is 2. The SMILES string of the molecule is CCOc1nc(N)nc(OCC)c1C. The minimum absolute atomic E-state index is 0.169. The van der Waals surface area contributed by atoms with Gasteiger partial charge in [-0.3, -0.25) is 0 Å². The van der Waals surface area contributed by atoms with E-state index in [4.69, 9.17) is 15.2 Å². The molecular weight excluding hydrogens is 182 g/mol. The van der Waals surface area contributed by atoms with Gasteiger partial charge < -0.3 is 15.2 Å². The summed E-state index contributed by atoms with van der Waals surface area (Å²) in [5.74, 6) is 1.15. The van der Waals surface area contributed by atoms with E-state index in [0.29, 0.717) is 25.0 Å². The van der Waals surface area contributed by atoms with Gasteiger partial charge in [0.1, 0.15) is 0 Å². The Morgan fingerprint density at radius 3 is 1.86 bits per heavy atom. The lowest BCUT2D eigenvalue weighted by Crippen LogP contribution is -2.06. The van der Waals surface area contributed by atoms with Gasteiger partial charge in [0.15, 0.2) is 0 Å². The molecule has 0 aliphatic carbocycles. The standard InChI is InChI=1S/C9H15N3O2/c1-4-13-7-6(3)8(14-5-2)12-9(10)11-7/h4-5H2,1-3H3,(H2,10,11,12). The van der Waals surface area contributed by atoms with Crippen LogP contribution in [0.2, 0.25) is 0 Å². The van der Waals surface area contributed by atoms with Crippen molar-refractivity contribution in [1.82, 2.24) is 9.97 Å². The number of nitrogen functional groups attached to an aromatic ring is 1. The number of ether oxygens (including phenoxy) is 2. The highest BCUT2D eigenvalue weighted by molar-refractivity contribution is 5.38. The summed E-state index contributed by atoms with van der Waals surface area (Å²) in [5.41, 5.74) is 6.29. The number of nitrogens with two attached hydrogens (primary N) is 1. The van der Waals surface area contributed by atoms with Crippen LogP contribution in [0.15, 0.2) is 0 Å². The van der Waals surface area contributed by atoms with Gasteiger partial charge in [0.2, 0.25) is 17.7 Å². The summed E-state index contributed by atoms with van der Waals surface area (Å²) < 4.78 is 10.6. The Hall–Kier alpha value is -1.52. The van der Waals surface area contributed by atoms with Crippen LogP contribution in [0.25, 0.3) is 0 Å². The van der Waals surface area contributed by atoms with Crippen molar-refractivity contribution in [3.63, 3.8) is 0 Å². The van der Waals surface area contributed by atoms with E-state index in [9.17, 15) is 0 Å². The first kappa shape index (κ1) is 10.6. The molecule has 0 bridgehead atoms. The maximum atomic E-state index is 5.51.